The molecule has 0 amide bonds. The molecular weight excluding hydrogens is 286 g/mol. The van der Waals surface area contributed by atoms with Crippen LogP contribution in [0.15, 0.2) is 54.6 Å². The Morgan fingerprint density at radius 3 is 2.74 bits per heavy atom. The summed E-state index contributed by atoms with van der Waals surface area (Å²) in [6, 6.07) is 18.8. The van der Waals surface area contributed by atoms with Gasteiger partial charge < -0.3 is 9.47 Å². The monoisotopic (exact) mass is 304 g/mol. The van der Waals surface area contributed by atoms with Crippen molar-refractivity contribution < 1.29 is 14.0 Å². The first-order chi connectivity index (χ1) is 11.3. The third-order valence-electron chi connectivity index (χ3n) is 4.13. The summed E-state index contributed by atoms with van der Waals surface area (Å²) in [6.07, 6.45) is 4.26. The van der Waals surface area contributed by atoms with Crippen molar-refractivity contribution in [3.63, 3.8) is 0 Å². The fraction of sp³-hybridized carbons (Fsp3) is 0.150. The number of rotatable bonds is 3. The van der Waals surface area contributed by atoms with E-state index in [0.717, 1.165) is 23.6 Å². The van der Waals surface area contributed by atoms with Gasteiger partial charge in [0, 0.05) is 23.6 Å². The molecule has 0 unspecified atom stereocenters. The van der Waals surface area contributed by atoms with Crippen LogP contribution in [0.25, 0.3) is 23.1 Å². The van der Waals surface area contributed by atoms with E-state index in [-0.39, 0.29) is 0 Å². The quantitative estimate of drug-likeness (QED) is 0.681. The van der Waals surface area contributed by atoms with Gasteiger partial charge in [0.2, 0.25) is 18.0 Å². The standard InChI is InChI=1S/C20H18NO2/c1-2-21-17(11-9-16-5-3-4-6-18(16)21)10-7-15-8-12-19-20(13-15)23-14-22-19/h3-13H,2,14H2,1H3/q+1. The van der Waals surface area contributed by atoms with E-state index in [2.05, 4.69) is 60.0 Å². The second kappa shape index (κ2) is 5.76. The summed E-state index contributed by atoms with van der Waals surface area (Å²) in [5.41, 5.74) is 3.54. The molecular formula is C20H18NO2+. The zero-order valence-corrected chi connectivity index (χ0v) is 13.0. The fourth-order valence-corrected chi connectivity index (χ4v) is 2.98. The van der Waals surface area contributed by atoms with E-state index < -0.39 is 0 Å². The molecule has 0 spiro atoms. The zero-order chi connectivity index (χ0) is 15.6. The van der Waals surface area contributed by atoms with Gasteiger partial charge in [-0.1, -0.05) is 18.2 Å². The highest BCUT2D eigenvalue weighted by molar-refractivity contribution is 5.77. The van der Waals surface area contributed by atoms with Gasteiger partial charge in [0.1, 0.15) is 6.54 Å². The van der Waals surface area contributed by atoms with Crippen LogP contribution in [0.3, 0.4) is 0 Å². The second-order valence-electron chi connectivity index (χ2n) is 5.51. The molecule has 0 aliphatic carbocycles. The number of ether oxygens (including phenoxy) is 2. The SMILES string of the molecule is CC[n+]1c(C=Cc2ccc3c(c2)OCO3)ccc2ccccc21. The second-order valence-corrected chi connectivity index (χ2v) is 5.51. The highest BCUT2D eigenvalue weighted by Crippen LogP contribution is 2.32. The van der Waals surface area contributed by atoms with Crippen LogP contribution < -0.4 is 14.0 Å². The van der Waals surface area contributed by atoms with E-state index in [1.54, 1.807) is 0 Å². The van der Waals surface area contributed by atoms with Gasteiger partial charge in [-0.05, 0) is 42.8 Å². The van der Waals surface area contributed by atoms with Crippen molar-refractivity contribution in [1.82, 2.24) is 0 Å². The molecule has 3 nitrogen and oxygen atoms in total. The molecule has 1 aromatic heterocycles. The van der Waals surface area contributed by atoms with E-state index >= 15 is 0 Å². The van der Waals surface area contributed by atoms with Crippen molar-refractivity contribution in [2.45, 2.75) is 13.5 Å². The summed E-state index contributed by atoms with van der Waals surface area (Å²) in [7, 11) is 0. The molecule has 23 heavy (non-hydrogen) atoms. The minimum absolute atomic E-state index is 0.309. The first kappa shape index (κ1) is 13.8. The summed E-state index contributed by atoms with van der Waals surface area (Å²) in [5, 5.41) is 1.26. The normalized spacial score (nSPS) is 13.1. The van der Waals surface area contributed by atoms with Crippen LogP contribution in [0.4, 0.5) is 0 Å². The van der Waals surface area contributed by atoms with Gasteiger partial charge >= 0.3 is 0 Å². The summed E-state index contributed by atoms with van der Waals surface area (Å²) in [6.45, 7) is 3.41. The van der Waals surface area contributed by atoms with Crippen molar-refractivity contribution >= 4 is 23.1 Å². The van der Waals surface area contributed by atoms with Gasteiger partial charge in [0.05, 0.1) is 0 Å². The predicted octanol–water partition coefficient (Wildman–Crippen LogP) is 4.05. The number of nitrogens with zero attached hydrogens (tertiary/aromatic N) is 1. The van der Waals surface area contributed by atoms with Gasteiger partial charge in [0.25, 0.3) is 0 Å². The number of hydrogen-bond acceptors (Lipinski definition) is 2. The molecule has 1 aliphatic rings. The molecule has 0 fully saturated rings. The highest BCUT2D eigenvalue weighted by atomic mass is 16.7. The number of aryl methyl sites for hydroxylation is 1. The minimum atomic E-state index is 0.309. The molecule has 0 saturated carbocycles. The third-order valence-corrected chi connectivity index (χ3v) is 4.13. The van der Waals surface area contributed by atoms with E-state index in [9.17, 15) is 0 Å². The largest absolute Gasteiger partial charge is 0.454 e. The Balaban J connectivity index is 1.72. The lowest BCUT2D eigenvalue weighted by atomic mass is 10.1. The summed E-state index contributed by atoms with van der Waals surface area (Å²) < 4.78 is 13.1. The maximum Gasteiger partial charge on any atom is 0.231 e. The average molecular weight is 304 g/mol. The van der Waals surface area contributed by atoms with Crippen LogP contribution in [-0.2, 0) is 6.54 Å². The van der Waals surface area contributed by atoms with Gasteiger partial charge in [0.15, 0.2) is 11.5 Å². The van der Waals surface area contributed by atoms with Crippen LogP contribution in [-0.4, -0.2) is 6.79 Å². The summed E-state index contributed by atoms with van der Waals surface area (Å²) >= 11 is 0. The van der Waals surface area contributed by atoms with E-state index in [1.807, 2.05) is 18.2 Å². The van der Waals surface area contributed by atoms with Crippen molar-refractivity contribution in [3.8, 4) is 11.5 Å². The van der Waals surface area contributed by atoms with Crippen LogP contribution in [0.1, 0.15) is 18.2 Å². The Morgan fingerprint density at radius 1 is 0.957 bits per heavy atom. The van der Waals surface area contributed by atoms with Gasteiger partial charge in [-0.25, -0.2) is 0 Å². The minimum Gasteiger partial charge on any atom is -0.454 e. The maximum atomic E-state index is 5.43. The highest BCUT2D eigenvalue weighted by Gasteiger charge is 2.13. The Labute approximate surface area is 135 Å². The molecule has 0 radical (unpaired) electrons. The molecule has 114 valence electrons. The van der Waals surface area contributed by atoms with Crippen molar-refractivity contribution in [2.75, 3.05) is 6.79 Å². The zero-order valence-electron chi connectivity index (χ0n) is 13.0. The van der Waals surface area contributed by atoms with Crippen LogP contribution in [0.2, 0.25) is 0 Å². The van der Waals surface area contributed by atoms with E-state index in [1.165, 1.54) is 16.6 Å². The fourth-order valence-electron chi connectivity index (χ4n) is 2.98. The molecule has 0 saturated heterocycles. The van der Waals surface area contributed by atoms with Crippen LogP contribution in [0, 0.1) is 0 Å². The molecule has 4 rings (SSSR count). The van der Waals surface area contributed by atoms with E-state index in [4.69, 9.17) is 9.47 Å². The molecule has 0 N–H and O–H groups in total. The lowest BCUT2D eigenvalue weighted by Gasteiger charge is -2.03. The maximum absolute atomic E-state index is 5.43. The van der Waals surface area contributed by atoms with Gasteiger partial charge in [-0.2, -0.15) is 4.57 Å². The number of pyridine rings is 1. The Hall–Kier alpha value is -2.81. The lowest BCUT2D eigenvalue weighted by Crippen LogP contribution is -2.36. The van der Waals surface area contributed by atoms with Gasteiger partial charge in [-0.3, -0.25) is 0 Å². The van der Waals surface area contributed by atoms with Crippen molar-refractivity contribution in [3.05, 3.63) is 65.9 Å². The predicted molar refractivity (Wildman–Crippen MR) is 91.3 cm³/mol. The average Bonchev–Trinajstić information content (AvgIpc) is 3.07. The smallest absolute Gasteiger partial charge is 0.231 e. The molecule has 1 aliphatic heterocycles. The Morgan fingerprint density at radius 2 is 1.83 bits per heavy atom. The Kier molecular flexibility index (Phi) is 3.46. The lowest BCUT2D eigenvalue weighted by molar-refractivity contribution is -0.669. The topological polar surface area (TPSA) is 22.3 Å². The summed E-state index contributed by atoms with van der Waals surface area (Å²) in [5.74, 6) is 1.63. The number of fused-ring (bicyclic) bond motifs is 2. The molecule has 3 heteroatoms. The van der Waals surface area contributed by atoms with Crippen molar-refractivity contribution in [1.29, 1.82) is 0 Å². The van der Waals surface area contributed by atoms with Gasteiger partial charge in [-0.15, -0.1) is 0 Å². The molecule has 2 heterocycles. The van der Waals surface area contributed by atoms with E-state index in [0.29, 0.717) is 6.79 Å². The summed E-state index contributed by atoms with van der Waals surface area (Å²) in [4.78, 5) is 0. The van der Waals surface area contributed by atoms with Crippen molar-refractivity contribution in [2.24, 2.45) is 0 Å². The number of para-hydroxylation sites is 1. The number of hydrogen-bond donors (Lipinski definition) is 0. The first-order valence-corrected chi connectivity index (χ1v) is 7.84. The first-order valence-electron chi connectivity index (χ1n) is 7.84. The van der Waals surface area contributed by atoms with Crippen LogP contribution >= 0.6 is 0 Å². The van der Waals surface area contributed by atoms with Crippen LogP contribution in [0.5, 0.6) is 11.5 Å². The number of benzene rings is 2. The Bertz CT molecular complexity index is 899. The molecule has 0 bridgehead atoms. The molecule has 0 atom stereocenters. The molecule has 2 aromatic carbocycles. The number of aromatic nitrogens is 1. The molecule has 3 aromatic rings. The third kappa shape index (κ3) is 2.55.